The molecule has 4 heteroatoms. The summed E-state index contributed by atoms with van der Waals surface area (Å²) in [7, 11) is 0. The molecule has 15 heavy (non-hydrogen) atoms. The van der Waals surface area contributed by atoms with Crippen LogP contribution in [0.4, 0.5) is 0 Å². The van der Waals surface area contributed by atoms with E-state index < -0.39 is 0 Å². The molecule has 1 saturated heterocycles. The molecule has 2 amide bonds. The van der Waals surface area contributed by atoms with Crippen LogP contribution >= 0.6 is 0 Å². The highest BCUT2D eigenvalue weighted by Crippen LogP contribution is 2.37. The Hall–Kier alpha value is -0.900. The number of rotatable bonds is 2. The summed E-state index contributed by atoms with van der Waals surface area (Å²) in [6.45, 7) is 4.43. The van der Waals surface area contributed by atoms with Gasteiger partial charge in [-0.1, -0.05) is 20.3 Å². The van der Waals surface area contributed by atoms with Crippen LogP contribution in [0.5, 0.6) is 0 Å². The van der Waals surface area contributed by atoms with Gasteiger partial charge in [0.1, 0.15) is 0 Å². The molecule has 1 saturated carbocycles. The summed E-state index contributed by atoms with van der Waals surface area (Å²) in [6.07, 6.45) is 3.79. The molecule has 0 aromatic heterocycles. The summed E-state index contributed by atoms with van der Waals surface area (Å²) in [5.74, 6) is -0.323. The summed E-state index contributed by atoms with van der Waals surface area (Å²) in [6, 6.07) is 0.0547. The molecule has 2 rings (SSSR count). The summed E-state index contributed by atoms with van der Waals surface area (Å²) < 4.78 is 0. The lowest BCUT2D eigenvalue weighted by molar-refractivity contribution is -0.125. The average Bonchev–Trinajstić information content (AvgIpc) is 2.58. The number of amides is 2. The van der Waals surface area contributed by atoms with Crippen molar-refractivity contribution in [1.82, 2.24) is 10.6 Å². The molecule has 1 aliphatic heterocycles. The second kappa shape index (κ2) is 3.59. The summed E-state index contributed by atoms with van der Waals surface area (Å²) in [5, 5.41) is 5.64. The van der Waals surface area contributed by atoms with E-state index in [1.807, 2.05) is 0 Å². The Labute approximate surface area is 89.8 Å². The van der Waals surface area contributed by atoms with Crippen molar-refractivity contribution in [1.29, 1.82) is 0 Å². The van der Waals surface area contributed by atoms with Gasteiger partial charge < -0.3 is 5.32 Å². The van der Waals surface area contributed by atoms with Gasteiger partial charge in [-0.25, -0.2) is 0 Å². The fraction of sp³-hybridized carbons (Fsp3) is 0.818. The van der Waals surface area contributed by atoms with Gasteiger partial charge in [-0.3, -0.25) is 14.9 Å². The molecule has 0 aromatic rings. The molecule has 0 aromatic carbocycles. The minimum atomic E-state index is -0.306. The van der Waals surface area contributed by atoms with Crippen molar-refractivity contribution in [3.05, 3.63) is 0 Å². The maximum absolute atomic E-state index is 11.4. The van der Waals surface area contributed by atoms with E-state index >= 15 is 0 Å². The lowest BCUT2D eigenvalue weighted by Crippen LogP contribution is -2.47. The van der Waals surface area contributed by atoms with Gasteiger partial charge in [0.05, 0.1) is 12.5 Å². The lowest BCUT2D eigenvalue weighted by atomic mass is 9.87. The van der Waals surface area contributed by atoms with Crippen molar-refractivity contribution in [3.8, 4) is 0 Å². The fourth-order valence-corrected chi connectivity index (χ4v) is 2.57. The maximum atomic E-state index is 11.4. The molecule has 1 aliphatic carbocycles. The molecular weight excluding hydrogens is 192 g/mol. The second-order valence-electron chi connectivity index (χ2n) is 5.27. The summed E-state index contributed by atoms with van der Waals surface area (Å²) in [4.78, 5) is 22.4. The highest BCUT2D eigenvalue weighted by Gasteiger charge is 2.39. The predicted molar refractivity (Wildman–Crippen MR) is 56.1 cm³/mol. The number of imide groups is 1. The summed E-state index contributed by atoms with van der Waals surface area (Å²) in [5.41, 5.74) is 0.242. The Balaban J connectivity index is 1.97. The largest absolute Gasteiger partial charge is 0.302 e. The summed E-state index contributed by atoms with van der Waals surface area (Å²) >= 11 is 0. The standard InChI is InChI=1S/C11H18N2O2/c1-11(2)5-3-4-8(11)12-7-6-9(14)13-10(7)15/h7-8,12H,3-6H2,1-2H3,(H,13,14,15). The van der Waals surface area contributed by atoms with Crippen LogP contribution < -0.4 is 10.6 Å². The van der Waals surface area contributed by atoms with Gasteiger partial charge in [-0.05, 0) is 18.3 Å². The molecule has 2 unspecified atom stereocenters. The highest BCUT2D eigenvalue weighted by atomic mass is 16.2. The van der Waals surface area contributed by atoms with Crippen LogP contribution in [0.2, 0.25) is 0 Å². The Kier molecular flexibility index (Phi) is 2.54. The Morgan fingerprint density at radius 3 is 2.60 bits per heavy atom. The third-order valence-electron chi connectivity index (χ3n) is 3.63. The first-order chi connectivity index (χ1) is 6.99. The SMILES string of the molecule is CC1(C)CCCC1NC1CC(=O)NC1=O. The monoisotopic (exact) mass is 210 g/mol. The van der Waals surface area contributed by atoms with Crippen LogP contribution in [-0.4, -0.2) is 23.9 Å². The zero-order valence-corrected chi connectivity index (χ0v) is 9.30. The van der Waals surface area contributed by atoms with Crippen molar-refractivity contribution in [3.63, 3.8) is 0 Å². The van der Waals surface area contributed by atoms with Crippen LogP contribution in [0.15, 0.2) is 0 Å². The smallest absolute Gasteiger partial charge is 0.244 e. The van der Waals surface area contributed by atoms with Crippen LogP contribution in [-0.2, 0) is 9.59 Å². The first-order valence-electron chi connectivity index (χ1n) is 5.59. The van der Waals surface area contributed by atoms with Gasteiger partial charge in [-0.15, -0.1) is 0 Å². The van der Waals surface area contributed by atoms with Crippen LogP contribution in [0.1, 0.15) is 39.5 Å². The molecule has 84 valence electrons. The molecule has 2 fully saturated rings. The predicted octanol–water partition coefficient (Wildman–Crippen LogP) is 0.570. The third kappa shape index (κ3) is 2.04. The van der Waals surface area contributed by atoms with E-state index in [4.69, 9.17) is 0 Å². The molecule has 2 aliphatic rings. The van der Waals surface area contributed by atoms with Crippen molar-refractivity contribution in [2.24, 2.45) is 5.41 Å². The molecule has 2 atom stereocenters. The van der Waals surface area contributed by atoms with Gasteiger partial charge >= 0.3 is 0 Å². The quantitative estimate of drug-likeness (QED) is 0.655. The van der Waals surface area contributed by atoms with E-state index in [2.05, 4.69) is 24.5 Å². The van der Waals surface area contributed by atoms with Crippen molar-refractivity contribution in [2.45, 2.75) is 51.6 Å². The molecule has 0 bridgehead atoms. The van der Waals surface area contributed by atoms with Crippen LogP contribution in [0, 0.1) is 5.41 Å². The van der Waals surface area contributed by atoms with Crippen molar-refractivity contribution >= 4 is 11.8 Å². The third-order valence-corrected chi connectivity index (χ3v) is 3.63. The molecule has 0 radical (unpaired) electrons. The van der Waals surface area contributed by atoms with Gasteiger partial charge in [0.15, 0.2) is 0 Å². The first-order valence-corrected chi connectivity index (χ1v) is 5.59. The average molecular weight is 210 g/mol. The number of hydrogen-bond acceptors (Lipinski definition) is 3. The van der Waals surface area contributed by atoms with Gasteiger partial charge in [0.25, 0.3) is 0 Å². The van der Waals surface area contributed by atoms with Crippen LogP contribution in [0.3, 0.4) is 0 Å². The zero-order chi connectivity index (χ0) is 11.1. The van der Waals surface area contributed by atoms with E-state index in [9.17, 15) is 9.59 Å². The fourth-order valence-electron chi connectivity index (χ4n) is 2.57. The molecule has 2 N–H and O–H groups in total. The minimum Gasteiger partial charge on any atom is -0.302 e. The van der Waals surface area contributed by atoms with Gasteiger partial charge in [0, 0.05) is 6.04 Å². The van der Waals surface area contributed by atoms with Crippen molar-refractivity contribution < 1.29 is 9.59 Å². The normalized spacial score (nSPS) is 34.5. The molecule has 0 spiro atoms. The van der Waals surface area contributed by atoms with E-state index in [0.717, 1.165) is 6.42 Å². The van der Waals surface area contributed by atoms with Gasteiger partial charge in [-0.2, -0.15) is 0 Å². The number of carbonyl (C=O) groups is 2. The first kappa shape index (κ1) is 10.6. The number of hydrogen-bond donors (Lipinski definition) is 2. The highest BCUT2D eigenvalue weighted by molar-refractivity contribution is 6.05. The maximum Gasteiger partial charge on any atom is 0.244 e. The lowest BCUT2D eigenvalue weighted by Gasteiger charge is -2.29. The van der Waals surface area contributed by atoms with E-state index in [1.165, 1.54) is 12.8 Å². The van der Waals surface area contributed by atoms with Crippen LogP contribution in [0.25, 0.3) is 0 Å². The second-order valence-corrected chi connectivity index (χ2v) is 5.27. The minimum absolute atomic E-state index is 0.159. The van der Waals surface area contributed by atoms with Crippen molar-refractivity contribution in [2.75, 3.05) is 0 Å². The Morgan fingerprint density at radius 2 is 2.13 bits per heavy atom. The van der Waals surface area contributed by atoms with E-state index in [-0.39, 0.29) is 23.3 Å². The molecular formula is C11H18N2O2. The van der Waals surface area contributed by atoms with E-state index in [1.54, 1.807) is 0 Å². The number of carbonyl (C=O) groups excluding carboxylic acids is 2. The Morgan fingerprint density at radius 1 is 1.40 bits per heavy atom. The topological polar surface area (TPSA) is 58.2 Å². The molecule has 4 nitrogen and oxygen atoms in total. The zero-order valence-electron chi connectivity index (χ0n) is 9.30. The molecule has 1 heterocycles. The Bertz CT molecular complexity index is 299. The van der Waals surface area contributed by atoms with E-state index in [0.29, 0.717) is 12.5 Å². The van der Waals surface area contributed by atoms with Gasteiger partial charge in [0.2, 0.25) is 11.8 Å². The number of nitrogens with one attached hydrogen (secondary N) is 2.